The fourth-order valence-electron chi connectivity index (χ4n) is 3.53. The number of rotatable bonds is 8. The molecule has 1 amide bonds. The molecule has 0 bridgehead atoms. The maximum Gasteiger partial charge on any atom is 0.272 e. The Morgan fingerprint density at radius 2 is 1.94 bits per heavy atom. The third-order valence-electron chi connectivity index (χ3n) is 5.66. The van der Waals surface area contributed by atoms with Gasteiger partial charge < -0.3 is 5.32 Å². The van der Waals surface area contributed by atoms with Crippen LogP contribution in [0.25, 0.3) is 20.4 Å². The Hall–Kier alpha value is -2.71. The smallest absolute Gasteiger partial charge is 0.272 e. The minimum absolute atomic E-state index is 0.0617. The third-order valence-corrected chi connectivity index (χ3v) is 7.72. The molecule has 33 heavy (non-hydrogen) atoms. The average Bonchev–Trinajstić information content (AvgIpc) is 3.19. The lowest BCUT2D eigenvalue weighted by molar-refractivity contribution is -0.119. The molecule has 0 radical (unpaired) electrons. The zero-order valence-corrected chi connectivity index (χ0v) is 20.9. The summed E-state index contributed by atoms with van der Waals surface area (Å²) in [6.07, 6.45) is 2.59. The van der Waals surface area contributed by atoms with Crippen LogP contribution < -0.4 is 10.9 Å². The van der Waals surface area contributed by atoms with Gasteiger partial charge in [-0.1, -0.05) is 56.8 Å². The summed E-state index contributed by atoms with van der Waals surface area (Å²) in [4.78, 5) is 36.0. The highest BCUT2D eigenvalue weighted by molar-refractivity contribution is 7.99. The number of hydrogen-bond acceptors (Lipinski definition) is 6. The number of carbonyl (C=O) groups excluding carboxylic acids is 1. The van der Waals surface area contributed by atoms with Crippen LogP contribution in [0.15, 0.2) is 52.5 Å². The number of nitrogens with zero attached hydrogens (tertiary/aromatic N) is 3. The zero-order chi connectivity index (χ0) is 23.5. The van der Waals surface area contributed by atoms with Crippen LogP contribution in [0.3, 0.4) is 0 Å². The molecule has 0 aliphatic carbocycles. The number of amides is 1. The van der Waals surface area contributed by atoms with Crippen molar-refractivity contribution in [3.63, 3.8) is 0 Å². The number of hydrogen-bond donors (Lipinski definition) is 1. The number of aromatic nitrogens is 3. The van der Waals surface area contributed by atoms with E-state index in [0.717, 1.165) is 22.2 Å². The quantitative estimate of drug-likeness (QED) is 0.278. The van der Waals surface area contributed by atoms with Crippen molar-refractivity contribution in [3.8, 4) is 0 Å². The molecule has 0 spiro atoms. The van der Waals surface area contributed by atoms with Crippen molar-refractivity contribution in [3.05, 3.63) is 64.1 Å². The van der Waals surface area contributed by atoms with Gasteiger partial charge in [0.25, 0.3) is 5.56 Å². The topological polar surface area (TPSA) is 76.9 Å². The summed E-state index contributed by atoms with van der Waals surface area (Å²) in [6, 6.07) is 12.2. The lowest BCUT2D eigenvalue weighted by Crippen LogP contribution is -2.33. The molecule has 1 N–H and O–H groups in total. The third kappa shape index (κ3) is 5.12. The van der Waals surface area contributed by atoms with E-state index in [1.807, 2.05) is 26.0 Å². The molecule has 0 saturated carbocycles. The highest BCUT2D eigenvalue weighted by Gasteiger charge is 2.18. The van der Waals surface area contributed by atoms with E-state index in [0.29, 0.717) is 27.8 Å². The molecule has 8 heteroatoms. The largest absolute Gasteiger partial charge is 0.353 e. The number of nitrogens with one attached hydrogen (secondary N) is 1. The molecule has 1 atom stereocenters. The first-order chi connectivity index (χ1) is 15.9. The van der Waals surface area contributed by atoms with E-state index in [4.69, 9.17) is 4.98 Å². The summed E-state index contributed by atoms with van der Waals surface area (Å²) in [6.45, 7) is 8.73. The van der Waals surface area contributed by atoms with E-state index in [-0.39, 0.29) is 23.3 Å². The average molecular weight is 481 g/mol. The number of thiophene rings is 1. The van der Waals surface area contributed by atoms with Gasteiger partial charge in [-0.3, -0.25) is 14.2 Å². The highest BCUT2D eigenvalue weighted by Crippen LogP contribution is 2.30. The standard InChI is InChI=1S/C25H28N4O2S2/c1-5-16(4)27-20(30)14-32-25-28-21-19-7-6-12-26-23(19)33-22(21)24(31)29(25)13-17-8-10-18(11-9-17)15(2)3/h6-12,15-16H,5,13-14H2,1-4H3,(H,27,30). The van der Waals surface area contributed by atoms with E-state index in [9.17, 15) is 9.59 Å². The zero-order valence-electron chi connectivity index (χ0n) is 19.3. The Balaban J connectivity index is 1.74. The molecule has 3 aromatic heterocycles. The maximum atomic E-state index is 13.6. The van der Waals surface area contributed by atoms with Crippen LogP contribution >= 0.6 is 23.1 Å². The van der Waals surface area contributed by atoms with Gasteiger partial charge in [-0.15, -0.1) is 11.3 Å². The molecule has 0 saturated heterocycles. The number of pyridine rings is 1. The fraction of sp³-hybridized carbons (Fsp3) is 0.360. The van der Waals surface area contributed by atoms with Crippen molar-refractivity contribution in [2.24, 2.45) is 0 Å². The van der Waals surface area contributed by atoms with Crippen molar-refractivity contribution in [2.75, 3.05) is 5.75 Å². The summed E-state index contributed by atoms with van der Waals surface area (Å²) < 4.78 is 2.28. The number of fused-ring (bicyclic) bond motifs is 3. The van der Waals surface area contributed by atoms with Gasteiger partial charge in [0.15, 0.2) is 5.16 Å². The van der Waals surface area contributed by atoms with Gasteiger partial charge in [0.05, 0.1) is 17.8 Å². The lowest BCUT2D eigenvalue weighted by Gasteiger charge is -2.14. The summed E-state index contributed by atoms with van der Waals surface area (Å²) >= 11 is 2.67. The Morgan fingerprint density at radius 3 is 2.64 bits per heavy atom. The van der Waals surface area contributed by atoms with Crippen LogP contribution in [0.2, 0.25) is 0 Å². The van der Waals surface area contributed by atoms with E-state index in [2.05, 4.69) is 48.4 Å². The predicted octanol–water partition coefficient (Wildman–Crippen LogP) is 5.18. The summed E-state index contributed by atoms with van der Waals surface area (Å²) in [5, 5.41) is 4.39. The van der Waals surface area contributed by atoms with Gasteiger partial charge in [-0.2, -0.15) is 0 Å². The number of carbonyl (C=O) groups is 1. The van der Waals surface area contributed by atoms with E-state index in [1.165, 1.54) is 28.7 Å². The van der Waals surface area contributed by atoms with Gasteiger partial charge in [0.2, 0.25) is 5.91 Å². The Kier molecular flexibility index (Phi) is 7.14. The number of thioether (sulfide) groups is 1. The molecule has 4 aromatic rings. The molecular formula is C25H28N4O2S2. The second kappa shape index (κ2) is 10.1. The van der Waals surface area contributed by atoms with Crippen molar-refractivity contribution >= 4 is 49.4 Å². The molecule has 1 aromatic carbocycles. The van der Waals surface area contributed by atoms with Crippen molar-refractivity contribution in [1.29, 1.82) is 0 Å². The monoisotopic (exact) mass is 480 g/mol. The van der Waals surface area contributed by atoms with Crippen LogP contribution in [-0.2, 0) is 11.3 Å². The van der Waals surface area contributed by atoms with Crippen LogP contribution in [0.4, 0.5) is 0 Å². The second-order valence-corrected chi connectivity index (χ2v) is 10.4. The van der Waals surface area contributed by atoms with E-state index in [1.54, 1.807) is 10.8 Å². The second-order valence-electron chi connectivity index (χ2n) is 8.48. The summed E-state index contributed by atoms with van der Waals surface area (Å²) in [5.41, 5.74) is 2.84. The van der Waals surface area contributed by atoms with Crippen LogP contribution in [0.1, 0.15) is 51.2 Å². The Labute approximate surface area is 201 Å². The molecule has 6 nitrogen and oxygen atoms in total. The van der Waals surface area contributed by atoms with Gasteiger partial charge in [0, 0.05) is 17.6 Å². The molecule has 172 valence electrons. The first-order valence-corrected chi connectivity index (χ1v) is 13.0. The minimum atomic E-state index is -0.0965. The van der Waals surface area contributed by atoms with Crippen LogP contribution in [0.5, 0.6) is 0 Å². The molecule has 1 unspecified atom stereocenters. The van der Waals surface area contributed by atoms with Crippen molar-refractivity contribution < 1.29 is 4.79 Å². The van der Waals surface area contributed by atoms with E-state index < -0.39 is 0 Å². The Bertz CT molecular complexity index is 1340. The fourth-order valence-corrected chi connectivity index (χ4v) is 5.36. The van der Waals surface area contributed by atoms with Gasteiger partial charge in [-0.25, -0.2) is 9.97 Å². The molecule has 0 aliphatic heterocycles. The summed E-state index contributed by atoms with van der Waals surface area (Å²) in [7, 11) is 0. The molecule has 0 fully saturated rings. The van der Waals surface area contributed by atoms with Gasteiger partial charge >= 0.3 is 0 Å². The van der Waals surface area contributed by atoms with Crippen molar-refractivity contribution in [2.45, 2.75) is 57.8 Å². The minimum Gasteiger partial charge on any atom is -0.353 e. The molecule has 3 heterocycles. The summed E-state index contributed by atoms with van der Waals surface area (Å²) in [5.74, 6) is 0.587. The van der Waals surface area contributed by atoms with Gasteiger partial charge in [-0.05, 0) is 42.5 Å². The van der Waals surface area contributed by atoms with Crippen LogP contribution in [0, 0.1) is 0 Å². The lowest BCUT2D eigenvalue weighted by atomic mass is 10.0. The van der Waals surface area contributed by atoms with Gasteiger partial charge in [0.1, 0.15) is 9.53 Å². The van der Waals surface area contributed by atoms with Crippen LogP contribution in [-0.4, -0.2) is 32.2 Å². The molecule has 0 aliphatic rings. The first-order valence-electron chi connectivity index (χ1n) is 11.2. The number of benzene rings is 1. The van der Waals surface area contributed by atoms with Crippen molar-refractivity contribution in [1.82, 2.24) is 19.9 Å². The SMILES string of the molecule is CCC(C)NC(=O)CSc1nc2c(sc3ncccc32)c(=O)n1Cc1ccc(C(C)C)cc1. The molecular weight excluding hydrogens is 452 g/mol. The Morgan fingerprint density at radius 1 is 1.18 bits per heavy atom. The highest BCUT2D eigenvalue weighted by atomic mass is 32.2. The molecule has 4 rings (SSSR count). The normalized spacial score (nSPS) is 12.5. The first kappa shape index (κ1) is 23.4. The van der Waals surface area contributed by atoms with E-state index >= 15 is 0 Å². The predicted molar refractivity (Wildman–Crippen MR) is 137 cm³/mol. The maximum absolute atomic E-state index is 13.6.